The summed E-state index contributed by atoms with van der Waals surface area (Å²) in [5.74, 6) is -0.914. The number of carbonyl (C=O) groups is 1. The van der Waals surface area contributed by atoms with E-state index in [1.165, 1.54) is 0 Å². The van der Waals surface area contributed by atoms with Gasteiger partial charge in [-0.05, 0) is 42.8 Å². The smallest absolute Gasteiger partial charge is 0.315 e. The summed E-state index contributed by atoms with van der Waals surface area (Å²) in [6, 6.07) is 19.9. The van der Waals surface area contributed by atoms with Crippen molar-refractivity contribution in [3.05, 3.63) is 94.2 Å². The van der Waals surface area contributed by atoms with E-state index in [4.69, 9.17) is 27.9 Å². The van der Waals surface area contributed by atoms with Crippen LogP contribution in [0, 0.1) is 0 Å². The fraction of sp³-hybridized carbons (Fsp3) is 0.182. The predicted molar refractivity (Wildman–Crippen MR) is 113 cm³/mol. The number of nitrogens with zero attached hydrogens (tertiary/aromatic N) is 1. The molecule has 0 fully saturated rings. The molecule has 1 aromatic heterocycles. The first-order valence-electron chi connectivity index (χ1n) is 8.94. The number of aromatic nitrogens is 1. The minimum Gasteiger partial charge on any atom is -0.465 e. The summed E-state index contributed by atoms with van der Waals surface area (Å²) in [4.78, 5) is 17.4. The van der Waals surface area contributed by atoms with Crippen molar-refractivity contribution in [3.63, 3.8) is 0 Å². The molecule has 0 saturated carbocycles. The van der Waals surface area contributed by atoms with Crippen molar-refractivity contribution in [1.82, 2.24) is 4.98 Å². The van der Waals surface area contributed by atoms with Crippen molar-refractivity contribution in [2.45, 2.75) is 18.9 Å². The Morgan fingerprint density at radius 1 is 1.04 bits per heavy atom. The molecule has 4 nitrogen and oxygen atoms in total. The summed E-state index contributed by atoms with van der Waals surface area (Å²) >= 11 is 12.2. The molecule has 0 spiro atoms. The van der Waals surface area contributed by atoms with Crippen molar-refractivity contribution in [1.29, 1.82) is 0 Å². The van der Waals surface area contributed by atoms with Gasteiger partial charge in [0.2, 0.25) is 0 Å². The Kier molecular flexibility index (Phi) is 6.90. The van der Waals surface area contributed by atoms with Gasteiger partial charge in [0, 0.05) is 11.9 Å². The van der Waals surface area contributed by atoms with Gasteiger partial charge in [-0.2, -0.15) is 0 Å². The summed E-state index contributed by atoms with van der Waals surface area (Å²) in [6.45, 7) is 2.09. The zero-order valence-electron chi connectivity index (χ0n) is 15.3. The largest absolute Gasteiger partial charge is 0.465 e. The highest BCUT2D eigenvalue weighted by Gasteiger charge is 2.33. The quantitative estimate of drug-likeness (QED) is 0.489. The highest BCUT2D eigenvalue weighted by atomic mass is 35.5. The molecule has 1 heterocycles. The van der Waals surface area contributed by atoms with Gasteiger partial charge in [0.15, 0.2) is 0 Å². The van der Waals surface area contributed by atoms with Crippen molar-refractivity contribution in [3.8, 4) is 0 Å². The Morgan fingerprint density at radius 2 is 1.79 bits per heavy atom. The van der Waals surface area contributed by atoms with Gasteiger partial charge < -0.3 is 10.1 Å². The SMILES string of the molecule is CCOC(=O)[C@@H](c1ccccc1)[C@H](Nc1ccc(Cl)c(Cl)c1)c1ccccn1. The normalized spacial score (nSPS) is 12.8. The van der Waals surface area contributed by atoms with Crippen LogP contribution in [-0.2, 0) is 9.53 Å². The highest BCUT2D eigenvalue weighted by Crippen LogP contribution is 2.35. The summed E-state index contributed by atoms with van der Waals surface area (Å²) in [5.41, 5.74) is 2.29. The first kappa shape index (κ1) is 20.2. The molecule has 0 aliphatic rings. The zero-order valence-corrected chi connectivity index (χ0v) is 16.8. The number of pyridine rings is 1. The number of hydrogen-bond acceptors (Lipinski definition) is 4. The van der Waals surface area contributed by atoms with Gasteiger partial charge in [0.05, 0.1) is 28.4 Å². The second-order valence-electron chi connectivity index (χ2n) is 6.15. The number of carbonyl (C=O) groups excluding carboxylic acids is 1. The molecule has 0 radical (unpaired) electrons. The molecule has 0 bridgehead atoms. The molecule has 2 atom stereocenters. The molecule has 144 valence electrons. The van der Waals surface area contributed by atoms with E-state index in [0.717, 1.165) is 16.9 Å². The van der Waals surface area contributed by atoms with Crippen LogP contribution in [0.2, 0.25) is 10.0 Å². The van der Waals surface area contributed by atoms with Crippen molar-refractivity contribution in [2.75, 3.05) is 11.9 Å². The summed E-state index contributed by atoms with van der Waals surface area (Å²) in [5, 5.41) is 4.29. The third-order valence-electron chi connectivity index (χ3n) is 4.28. The average molecular weight is 415 g/mol. The van der Waals surface area contributed by atoms with E-state index in [-0.39, 0.29) is 5.97 Å². The lowest BCUT2D eigenvalue weighted by atomic mass is 9.88. The van der Waals surface area contributed by atoms with Crippen molar-refractivity contribution >= 4 is 34.9 Å². The second kappa shape index (κ2) is 9.58. The van der Waals surface area contributed by atoms with Crippen LogP contribution >= 0.6 is 23.2 Å². The molecule has 0 aliphatic heterocycles. The minimum absolute atomic E-state index is 0.296. The Labute approximate surface area is 174 Å². The highest BCUT2D eigenvalue weighted by molar-refractivity contribution is 6.42. The number of halogens is 2. The van der Waals surface area contributed by atoms with Crippen LogP contribution in [0.15, 0.2) is 72.9 Å². The molecular formula is C22H20Cl2N2O2. The van der Waals surface area contributed by atoms with E-state index in [0.29, 0.717) is 16.7 Å². The van der Waals surface area contributed by atoms with Crippen LogP contribution in [0.1, 0.15) is 30.1 Å². The second-order valence-corrected chi connectivity index (χ2v) is 6.96. The van der Waals surface area contributed by atoms with Gasteiger partial charge in [-0.3, -0.25) is 9.78 Å². The van der Waals surface area contributed by atoms with Crippen LogP contribution in [0.5, 0.6) is 0 Å². The maximum atomic E-state index is 12.9. The fourth-order valence-corrected chi connectivity index (χ4v) is 3.31. The Bertz CT molecular complexity index is 920. The predicted octanol–water partition coefficient (Wildman–Crippen LogP) is 5.89. The molecule has 2 aromatic carbocycles. The van der Waals surface area contributed by atoms with Crippen LogP contribution in [0.4, 0.5) is 5.69 Å². The van der Waals surface area contributed by atoms with E-state index >= 15 is 0 Å². The lowest BCUT2D eigenvalue weighted by molar-refractivity contribution is -0.145. The maximum absolute atomic E-state index is 12.9. The molecule has 3 aromatic rings. The topological polar surface area (TPSA) is 51.2 Å². The van der Waals surface area contributed by atoms with E-state index in [2.05, 4.69) is 10.3 Å². The summed E-state index contributed by atoms with van der Waals surface area (Å²) in [7, 11) is 0. The van der Waals surface area contributed by atoms with Crippen LogP contribution in [-0.4, -0.2) is 17.6 Å². The Hall–Kier alpha value is -2.56. The number of nitrogens with one attached hydrogen (secondary N) is 1. The molecule has 28 heavy (non-hydrogen) atoms. The molecule has 0 aliphatic carbocycles. The number of hydrogen-bond donors (Lipinski definition) is 1. The minimum atomic E-state index is -0.592. The van der Waals surface area contributed by atoms with Gasteiger partial charge in [0.25, 0.3) is 0 Å². The van der Waals surface area contributed by atoms with Crippen molar-refractivity contribution in [2.24, 2.45) is 0 Å². The monoisotopic (exact) mass is 414 g/mol. The number of rotatable bonds is 7. The Morgan fingerprint density at radius 3 is 2.43 bits per heavy atom. The summed E-state index contributed by atoms with van der Waals surface area (Å²) in [6.07, 6.45) is 1.70. The first-order valence-corrected chi connectivity index (χ1v) is 9.70. The van der Waals surface area contributed by atoms with Crippen LogP contribution < -0.4 is 5.32 Å². The maximum Gasteiger partial charge on any atom is 0.315 e. The standard InChI is InChI=1S/C22H20Cl2N2O2/c1-2-28-22(27)20(15-8-4-3-5-9-15)21(19-10-6-7-13-25-19)26-16-11-12-17(23)18(24)14-16/h3-14,20-21,26H,2H2,1H3/t20-,21+/m0/s1. The number of esters is 1. The Balaban J connectivity index is 2.06. The van der Waals surface area contributed by atoms with Crippen LogP contribution in [0.3, 0.4) is 0 Å². The molecule has 0 amide bonds. The van der Waals surface area contributed by atoms with E-state index < -0.39 is 12.0 Å². The molecular weight excluding hydrogens is 395 g/mol. The van der Waals surface area contributed by atoms with E-state index in [9.17, 15) is 4.79 Å². The fourth-order valence-electron chi connectivity index (χ4n) is 3.01. The van der Waals surface area contributed by atoms with Gasteiger partial charge in [-0.25, -0.2) is 0 Å². The number of anilines is 1. The molecule has 6 heteroatoms. The molecule has 1 N–H and O–H groups in total. The van der Waals surface area contributed by atoms with Gasteiger partial charge in [-0.15, -0.1) is 0 Å². The third-order valence-corrected chi connectivity index (χ3v) is 5.02. The first-order chi connectivity index (χ1) is 13.6. The number of ether oxygens (including phenoxy) is 1. The van der Waals surface area contributed by atoms with Gasteiger partial charge >= 0.3 is 5.97 Å². The van der Waals surface area contributed by atoms with E-state index in [1.54, 1.807) is 25.3 Å². The van der Waals surface area contributed by atoms with Gasteiger partial charge in [0.1, 0.15) is 5.92 Å². The lowest BCUT2D eigenvalue weighted by Gasteiger charge is -2.27. The van der Waals surface area contributed by atoms with Crippen molar-refractivity contribution < 1.29 is 9.53 Å². The molecule has 0 saturated heterocycles. The van der Waals surface area contributed by atoms with Gasteiger partial charge in [-0.1, -0.05) is 59.6 Å². The third kappa shape index (κ3) is 4.83. The average Bonchev–Trinajstić information content (AvgIpc) is 2.72. The van der Waals surface area contributed by atoms with E-state index in [1.807, 2.05) is 54.6 Å². The zero-order chi connectivity index (χ0) is 19.9. The lowest BCUT2D eigenvalue weighted by Crippen LogP contribution is -2.28. The molecule has 3 rings (SSSR count). The summed E-state index contributed by atoms with van der Waals surface area (Å²) < 4.78 is 5.39. The molecule has 0 unspecified atom stereocenters. The van der Waals surface area contributed by atoms with Crippen LogP contribution in [0.25, 0.3) is 0 Å². The number of benzene rings is 2.